The maximum Gasteiger partial charge on any atom is 0.222 e. The van der Waals surface area contributed by atoms with Crippen molar-refractivity contribution in [1.29, 1.82) is 0 Å². The number of rotatable bonds is 2. The first-order valence-electron chi connectivity index (χ1n) is 2.77. The van der Waals surface area contributed by atoms with Crippen LogP contribution in [0, 0.1) is 12.0 Å². The SMILES string of the molecule is [C-]#[N+]CC1(CO)CC1. The van der Waals surface area contributed by atoms with Crippen LogP contribution in [-0.2, 0) is 0 Å². The normalized spacial score (nSPS) is 22.0. The van der Waals surface area contributed by atoms with Crippen molar-refractivity contribution < 1.29 is 5.11 Å². The molecule has 1 aliphatic carbocycles. The molecule has 1 aliphatic rings. The molecule has 8 heavy (non-hydrogen) atoms. The lowest BCUT2D eigenvalue weighted by molar-refractivity contribution is 0.222. The largest absolute Gasteiger partial charge is 0.395 e. The second-order valence-electron chi connectivity index (χ2n) is 2.47. The Kier molecular flexibility index (Phi) is 1.22. The first kappa shape index (κ1) is 5.58. The van der Waals surface area contributed by atoms with Crippen LogP contribution in [0.15, 0.2) is 0 Å². The predicted molar refractivity (Wildman–Crippen MR) is 30.2 cm³/mol. The van der Waals surface area contributed by atoms with Crippen LogP contribution in [0.4, 0.5) is 0 Å². The Morgan fingerprint density at radius 1 is 1.62 bits per heavy atom. The Balaban J connectivity index is 2.33. The van der Waals surface area contributed by atoms with E-state index in [1.54, 1.807) is 0 Å². The fourth-order valence-electron chi connectivity index (χ4n) is 0.711. The van der Waals surface area contributed by atoms with E-state index >= 15 is 0 Å². The van der Waals surface area contributed by atoms with Crippen molar-refractivity contribution in [2.45, 2.75) is 12.8 Å². The molecule has 0 amide bonds. The van der Waals surface area contributed by atoms with E-state index in [1.807, 2.05) is 0 Å². The molecule has 1 N–H and O–H groups in total. The van der Waals surface area contributed by atoms with Crippen LogP contribution in [0.2, 0.25) is 0 Å². The highest BCUT2D eigenvalue weighted by atomic mass is 16.3. The zero-order chi connectivity index (χ0) is 6.04. The smallest absolute Gasteiger partial charge is 0.222 e. The van der Waals surface area contributed by atoms with Gasteiger partial charge in [0.15, 0.2) is 0 Å². The molecule has 1 saturated carbocycles. The quantitative estimate of drug-likeness (QED) is 0.520. The number of aliphatic hydroxyl groups is 1. The van der Waals surface area contributed by atoms with Gasteiger partial charge < -0.3 is 9.95 Å². The summed E-state index contributed by atoms with van der Waals surface area (Å²) in [5.41, 5.74) is 0.0434. The predicted octanol–water partition coefficient (Wildman–Crippen LogP) is 0.678. The van der Waals surface area contributed by atoms with Crippen molar-refractivity contribution in [2.75, 3.05) is 13.2 Å². The molecule has 0 aliphatic heterocycles. The molecule has 0 spiro atoms. The van der Waals surface area contributed by atoms with Crippen molar-refractivity contribution >= 4 is 0 Å². The molecule has 0 aromatic heterocycles. The average molecular weight is 111 g/mol. The van der Waals surface area contributed by atoms with Crippen molar-refractivity contribution in [2.24, 2.45) is 5.41 Å². The van der Waals surface area contributed by atoms with Crippen LogP contribution < -0.4 is 0 Å². The lowest BCUT2D eigenvalue weighted by Crippen LogP contribution is -2.08. The Labute approximate surface area is 49.0 Å². The number of hydrogen-bond donors (Lipinski definition) is 1. The minimum Gasteiger partial charge on any atom is -0.395 e. The van der Waals surface area contributed by atoms with E-state index in [2.05, 4.69) is 4.85 Å². The molecule has 0 heterocycles. The first-order chi connectivity index (χ1) is 3.83. The maximum atomic E-state index is 8.64. The van der Waals surface area contributed by atoms with Gasteiger partial charge in [-0.05, 0) is 12.8 Å². The summed E-state index contributed by atoms with van der Waals surface area (Å²) >= 11 is 0. The molecule has 0 unspecified atom stereocenters. The van der Waals surface area contributed by atoms with Gasteiger partial charge >= 0.3 is 0 Å². The van der Waals surface area contributed by atoms with Crippen molar-refractivity contribution in [3.05, 3.63) is 11.4 Å². The van der Waals surface area contributed by atoms with Gasteiger partial charge in [-0.15, -0.1) is 0 Å². The number of aliphatic hydroxyl groups excluding tert-OH is 1. The topological polar surface area (TPSA) is 24.6 Å². The second kappa shape index (κ2) is 1.75. The van der Waals surface area contributed by atoms with Gasteiger partial charge in [0.2, 0.25) is 6.54 Å². The van der Waals surface area contributed by atoms with Crippen molar-refractivity contribution in [1.82, 2.24) is 0 Å². The van der Waals surface area contributed by atoms with Crippen LogP contribution in [0.3, 0.4) is 0 Å². The van der Waals surface area contributed by atoms with Crippen LogP contribution in [0.1, 0.15) is 12.8 Å². The van der Waals surface area contributed by atoms with Crippen molar-refractivity contribution in [3.8, 4) is 0 Å². The van der Waals surface area contributed by atoms with Crippen LogP contribution in [-0.4, -0.2) is 18.3 Å². The molecule has 2 nitrogen and oxygen atoms in total. The maximum absolute atomic E-state index is 8.64. The first-order valence-corrected chi connectivity index (χ1v) is 2.77. The standard InChI is InChI=1S/C6H9NO/c1-7-4-6(5-8)2-3-6/h8H,2-5H2. The lowest BCUT2D eigenvalue weighted by Gasteiger charge is -1.98. The molecule has 1 fully saturated rings. The number of nitrogens with zero attached hydrogens (tertiary/aromatic N) is 1. The molecule has 2 heteroatoms. The zero-order valence-corrected chi connectivity index (χ0v) is 4.72. The Morgan fingerprint density at radius 2 is 2.25 bits per heavy atom. The van der Waals surface area contributed by atoms with Crippen LogP contribution in [0.25, 0.3) is 4.85 Å². The van der Waals surface area contributed by atoms with Gasteiger partial charge in [-0.25, -0.2) is 6.57 Å². The van der Waals surface area contributed by atoms with Crippen molar-refractivity contribution in [3.63, 3.8) is 0 Å². The third-order valence-electron chi connectivity index (χ3n) is 1.71. The third kappa shape index (κ3) is 0.823. The third-order valence-corrected chi connectivity index (χ3v) is 1.71. The Hall–Kier alpha value is -0.550. The summed E-state index contributed by atoms with van der Waals surface area (Å²) in [6, 6.07) is 0. The van der Waals surface area contributed by atoms with E-state index in [-0.39, 0.29) is 12.0 Å². The fourth-order valence-corrected chi connectivity index (χ4v) is 0.711. The summed E-state index contributed by atoms with van der Waals surface area (Å²) in [5, 5.41) is 8.64. The Bertz CT molecular complexity index is 121. The highest BCUT2D eigenvalue weighted by Crippen LogP contribution is 2.45. The molecule has 0 atom stereocenters. The molecule has 0 aromatic rings. The summed E-state index contributed by atoms with van der Waals surface area (Å²) in [6.45, 7) is 7.24. The monoisotopic (exact) mass is 111 g/mol. The second-order valence-corrected chi connectivity index (χ2v) is 2.47. The van der Waals surface area contributed by atoms with Gasteiger partial charge in [-0.3, -0.25) is 0 Å². The average Bonchev–Trinajstić information content (AvgIpc) is 2.50. The van der Waals surface area contributed by atoms with Crippen LogP contribution >= 0.6 is 0 Å². The summed E-state index contributed by atoms with van der Waals surface area (Å²) in [4.78, 5) is 3.23. The fraction of sp³-hybridized carbons (Fsp3) is 0.833. The zero-order valence-electron chi connectivity index (χ0n) is 4.72. The van der Waals surface area contributed by atoms with Gasteiger partial charge in [0.1, 0.15) is 0 Å². The van der Waals surface area contributed by atoms with E-state index in [4.69, 9.17) is 11.7 Å². The van der Waals surface area contributed by atoms with E-state index in [0.717, 1.165) is 12.8 Å². The van der Waals surface area contributed by atoms with Gasteiger partial charge in [0.25, 0.3) is 0 Å². The molecule has 0 radical (unpaired) electrons. The van der Waals surface area contributed by atoms with E-state index < -0.39 is 0 Å². The highest BCUT2D eigenvalue weighted by molar-refractivity contribution is 4.97. The van der Waals surface area contributed by atoms with Gasteiger partial charge in [0, 0.05) is 0 Å². The molecule has 44 valence electrons. The number of hydrogen-bond acceptors (Lipinski definition) is 1. The minimum absolute atomic E-state index is 0.0434. The summed E-state index contributed by atoms with van der Waals surface area (Å²) in [6.07, 6.45) is 2.09. The molecular formula is C6H9NO. The van der Waals surface area contributed by atoms with E-state index in [0.29, 0.717) is 6.54 Å². The molecular weight excluding hydrogens is 102 g/mol. The van der Waals surface area contributed by atoms with E-state index in [9.17, 15) is 0 Å². The summed E-state index contributed by atoms with van der Waals surface area (Å²) < 4.78 is 0. The van der Waals surface area contributed by atoms with Gasteiger partial charge in [0.05, 0.1) is 12.0 Å². The van der Waals surface area contributed by atoms with Crippen LogP contribution in [0.5, 0.6) is 0 Å². The van der Waals surface area contributed by atoms with Gasteiger partial charge in [-0.1, -0.05) is 0 Å². The Morgan fingerprint density at radius 3 is 2.38 bits per heavy atom. The van der Waals surface area contributed by atoms with E-state index in [1.165, 1.54) is 0 Å². The molecule has 0 aromatic carbocycles. The lowest BCUT2D eigenvalue weighted by atomic mass is 10.1. The summed E-state index contributed by atoms with van der Waals surface area (Å²) in [5.74, 6) is 0. The minimum atomic E-state index is 0.0434. The summed E-state index contributed by atoms with van der Waals surface area (Å²) in [7, 11) is 0. The van der Waals surface area contributed by atoms with Gasteiger partial charge in [-0.2, -0.15) is 0 Å². The molecule has 0 saturated heterocycles. The molecule has 0 bridgehead atoms. The highest BCUT2D eigenvalue weighted by Gasteiger charge is 2.45. The molecule has 1 rings (SSSR count).